The average molecular weight is 254 g/mol. The normalized spacial score (nSPS) is 11.8. The van der Waals surface area contributed by atoms with Gasteiger partial charge in [-0.1, -0.05) is 23.8 Å². The van der Waals surface area contributed by atoms with Crippen LogP contribution in [0.5, 0.6) is 0 Å². The van der Waals surface area contributed by atoms with Gasteiger partial charge in [-0.15, -0.1) is 0 Å². The van der Waals surface area contributed by atoms with Crippen LogP contribution < -0.4 is 21.5 Å². The van der Waals surface area contributed by atoms with E-state index < -0.39 is 0 Å². The minimum Gasteiger partial charge on any atom is -0.762 e. The van der Waals surface area contributed by atoms with Crippen molar-refractivity contribution in [1.82, 2.24) is 9.97 Å². The Labute approximate surface area is 107 Å². The van der Waals surface area contributed by atoms with E-state index in [4.69, 9.17) is 11.5 Å². The van der Waals surface area contributed by atoms with Crippen LogP contribution in [-0.2, 0) is 0 Å². The summed E-state index contributed by atoms with van der Waals surface area (Å²) in [6, 6.07) is 0. The minimum atomic E-state index is -0.204. The number of rotatable bonds is 5. The van der Waals surface area contributed by atoms with Crippen LogP contribution in [0.2, 0.25) is 0 Å². The first-order valence-corrected chi connectivity index (χ1v) is 6.02. The van der Waals surface area contributed by atoms with Crippen LogP contribution in [0.3, 0.4) is 0 Å². The van der Waals surface area contributed by atoms with Gasteiger partial charge in [0, 0.05) is 5.54 Å². The van der Waals surface area contributed by atoms with Crippen molar-refractivity contribution in [2.24, 2.45) is 5.92 Å². The quantitative estimate of drug-likeness (QED) is 0.531. The van der Waals surface area contributed by atoms with Gasteiger partial charge in [0.15, 0.2) is 0 Å². The van der Waals surface area contributed by atoms with E-state index in [1.165, 1.54) is 0 Å². The molecule has 0 saturated heterocycles. The standard InChI is InChI=1S/C11H22N6O/c1-7(2)5-6-11(3,4)16-10-14-8(12)17(18)9(13)15-10/h7H,5-6H2,1-4H3,(H5,12,13,14,15,16). The number of anilines is 3. The zero-order valence-electron chi connectivity index (χ0n) is 11.4. The largest absolute Gasteiger partial charge is 0.762 e. The van der Waals surface area contributed by atoms with Crippen molar-refractivity contribution in [3.63, 3.8) is 0 Å². The summed E-state index contributed by atoms with van der Waals surface area (Å²) in [7, 11) is 0. The first-order chi connectivity index (χ1) is 8.21. The third-order valence-corrected chi connectivity index (χ3v) is 2.65. The monoisotopic (exact) mass is 254 g/mol. The Bertz CT molecular complexity index is 395. The summed E-state index contributed by atoms with van der Waals surface area (Å²) in [6.07, 6.45) is 2.04. The van der Waals surface area contributed by atoms with Crippen molar-refractivity contribution in [3.8, 4) is 0 Å². The van der Waals surface area contributed by atoms with E-state index in [1.807, 2.05) is 13.8 Å². The molecular weight excluding hydrogens is 232 g/mol. The third-order valence-electron chi connectivity index (χ3n) is 2.65. The molecule has 0 aliphatic heterocycles. The van der Waals surface area contributed by atoms with Gasteiger partial charge in [-0.2, -0.15) is 0 Å². The van der Waals surface area contributed by atoms with Crippen LogP contribution in [0, 0.1) is 11.1 Å². The predicted molar refractivity (Wildman–Crippen MR) is 71.6 cm³/mol. The molecule has 7 heteroatoms. The van der Waals surface area contributed by atoms with Gasteiger partial charge in [0.1, 0.15) is 0 Å². The van der Waals surface area contributed by atoms with Gasteiger partial charge in [-0.25, -0.2) is 4.73 Å². The topological polar surface area (TPSA) is 117 Å². The molecule has 18 heavy (non-hydrogen) atoms. The Kier molecular flexibility index (Phi) is 4.15. The lowest BCUT2D eigenvalue weighted by atomic mass is 9.94. The molecule has 0 bridgehead atoms. The Morgan fingerprint density at radius 3 is 2.22 bits per heavy atom. The van der Waals surface area contributed by atoms with Gasteiger partial charge >= 0.3 is 17.8 Å². The van der Waals surface area contributed by atoms with Crippen molar-refractivity contribution < 1.29 is 4.73 Å². The van der Waals surface area contributed by atoms with E-state index in [-0.39, 0.29) is 23.4 Å². The Balaban J connectivity index is 2.77. The van der Waals surface area contributed by atoms with Crippen LogP contribution in [0.25, 0.3) is 0 Å². The number of hydrogen-bond donors (Lipinski definition) is 3. The lowest BCUT2D eigenvalue weighted by Gasteiger charge is -2.26. The molecule has 0 spiro atoms. The number of nitrogens with two attached hydrogens (primary N) is 2. The van der Waals surface area contributed by atoms with Crippen molar-refractivity contribution >= 4 is 17.8 Å². The number of hydrogen-bond acceptors (Lipinski definition) is 6. The number of aromatic nitrogens is 3. The summed E-state index contributed by atoms with van der Waals surface area (Å²) in [5.41, 5.74) is 10.7. The Morgan fingerprint density at radius 1 is 1.28 bits per heavy atom. The van der Waals surface area contributed by atoms with Gasteiger partial charge < -0.3 is 22.0 Å². The first-order valence-electron chi connectivity index (χ1n) is 6.02. The van der Waals surface area contributed by atoms with Crippen LogP contribution in [0.1, 0.15) is 40.5 Å². The highest BCUT2D eigenvalue weighted by Crippen LogP contribution is 2.20. The lowest BCUT2D eigenvalue weighted by molar-refractivity contribution is -0.579. The second-order valence-electron chi connectivity index (χ2n) is 5.50. The van der Waals surface area contributed by atoms with Gasteiger partial charge in [-0.05, 0) is 32.6 Å². The Hall–Kier alpha value is -1.79. The predicted octanol–water partition coefficient (Wildman–Crippen LogP) is 0.901. The van der Waals surface area contributed by atoms with Crippen LogP contribution in [0.4, 0.5) is 17.8 Å². The van der Waals surface area contributed by atoms with Gasteiger partial charge in [0.25, 0.3) is 0 Å². The van der Waals surface area contributed by atoms with Crippen molar-refractivity contribution in [1.29, 1.82) is 0 Å². The molecule has 1 rings (SSSR count). The van der Waals surface area contributed by atoms with E-state index in [0.29, 0.717) is 10.6 Å². The summed E-state index contributed by atoms with van der Waals surface area (Å²) in [5.74, 6) is 0.502. The van der Waals surface area contributed by atoms with E-state index >= 15 is 0 Å². The van der Waals surface area contributed by atoms with Crippen molar-refractivity contribution in [2.75, 3.05) is 16.8 Å². The summed E-state index contributed by atoms with van der Waals surface area (Å²) in [6.45, 7) is 8.43. The maximum absolute atomic E-state index is 11.2. The smallest absolute Gasteiger partial charge is 0.321 e. The number of nitrogen functional groups attached to an aromatic ring is 2. The average Bonchev–Trinajstić information content (AvgIpc) is 2.22. The van der Waals surface area contributed by atoms with Crippen LogP contribution in [-0.4, -0.2) is 15.5 Å². The van der Waals surface area contributed by atoms with Gasteiger partial charge in [0.05, 0.1) is 0 Å². The summed E-state index contributed by atoms with van der Waals surface area (Å²) in [5, 5.41) is 14.4. The maximum Gasteiger partial charge on any atom is 0.321 e. The maximum atomic E-state index is 11.2. The molecule has 1 heterocycles. The molecule has 7 nitrogen and oxygen atoms in total. The Morgan fingerprint density at radius 2 is 1.78 bits per heavy atom. The summed E-state index contributed by atoms with van der Waals surface area (Å²) >= 11 is 0. The number of nitrogens with zero attached hydrogens (tertiary/aromatic N) is 3. The highest BCUT2D eigenvalue weighted by Gasteiger charge is 2.22. The molecule has 5 N–H and O–H groups in total. The molecule has 1 aromatic heterocycles. The highest BCUT2D eigenvalue weighted by molar-refractivity contribution is 5.34. The molecule has 0 aliphatic carbocycles. The van der Waals surface area contributed by atoms with Gasteiger partial charge in [-0.3, -0.25) is 0 Å². The molecule has 0 radical (unpaired) electrons. The third kappa shape index (κ3) is 3.90. The van der Waals surface area contributed by atoms with Crippen LogP contribution in [0.15, 0.2) is 0 Å². The van der Waals surface area contributed by atoms with Gasteiger partial charge in [0.2, 0.25) is 0 Å². The molecule has 0 unspecified atom stereocenters. The summed E-state index contributed by atoms with van der Waals surface area (Å²) < 4.78 is 0.298. The van der Waals surface area contributed by atoms with Crippen LogP contribution >= 0.6 is 0 Å². The molecule has 102 valence electrons. The van der Waals surface area contributed by atoms with E-state index in [9.17, 15) is 5.21 Å². The molecular formula is C11H22N6O. The molecule has 0 amide bonds. The first kappa shape index (κ1) is 14.3. The van der Waals surface area contributed by atoms with E-state index in [1.54, 1.807) is 0 Å². The second-order valence-corrected chi connectivity index (χ2v) is 5.50. The van der Waals surface area contributed by atoms with E-state index in [2.05, 4.69) is 29.1 Å². The van der Waals surface area contributed by atoms with Crippen molar-refractivity contribution in [3.05, 3.63) is 5.21 Å². The fraction of sp³-hybridized carbons (Fsp3) is 0.727. The fourth-order valence-electron chi connectivity index (χ4n) is 1.52. The molecule has 0 aromatic carbocycles. The van der Waals surface area contributed by atoms with Crippen molar-refractivity contribution in [2.45, 2.75) is 46.1 Å². The summed E-state index contributed by atoms with van der Waals surface area (Å²) in [4.78, 5) is 7.74. The number of nitrogens with one attached hydrogen (secondary N) is 1. The molecule has 1 aromatic rings. The second kappa shape index (κ2) is 5.24. The fourth-order valence-corrected chi connectivity index (χ4v) is 1.52. The highest BCUT2D eigenvalue weighted by atomic mass is 16.5. The molecule has 0 aliphatic rings. The molecule has 0 fully saturated rings. The lowest BCUT2D eigenvalue weighted by Crippen LogP contribution is -2.39. The minimum absolute atomic E-state index is 0.182. The zero-order valence-corrected chi connectivity index (χ0v) is 11.4. The zero-order chi connectivity index (χ0) is 13.9. The van der Waals surface area contributed by atoms with E-state index in [0.717, 1.165) is 12.8 Å². The molecule has 0 saturated carbocycles. The molecule has 0 atom stereocenters. The SMILES string of the molecule is CC(C)CCC(C)(C)Nc1nc(N)[n+]([O-])c(N)n1.